The van der Waals surface area contributed by atoms with Crippen molar-refractivity contribution in [3.63, 3.8) is 0 Å². The van der Waals surface area contributed by atoms with Crippen LogP contribution in [0.1, 0.15) is 63.0 Å². The van der Waals surface area contributed by atoms with Crippen molar-refractivity contribution in [2.45, 2.75) is 75.7 Å². The average Bonchev–Trinajstić information content (AvgIpc) is 3.41. The monoisotopic (exact) mass is 482 g/mol. The van der Waals surface area contributed by atoms with Crippen molar-refractivity contribution in [1.29, 1.82) is 5.26 Å². The number of carbonyl (C=O) groups is 1. The van der Waals surface area contributed by atoms with E-state index < -0.39 is 11.6 Å². The van der Waals surface area contributed by atoms with E-state index in [0.717, 1.165) is 12.8 Å². The molecular formula is C28H35ClN2O3. The van der Waals surface area contributed by atoms with E-state index in [1.807, 2.05) is 49.4 Å². The third kappa shape index (κ3) is 4.86. The summed E-state index contributed by atoms with van der Waals surface area (Å²) in [5.41, 5.74) is -0.671. The van der Waals surface area contributed by atoms with Crippen molar-refractivity contribution in [2.24, 2.45) is 0 Å². The zero-order valence-electron chi connectivity index (χ0n) is 19.9. The molecule has 0 aromatic heterocycles. The summed E-state index contributed by atoms with van der Waals surface area (Å²) in [4.78, 5) is 13.4. The molecule has 3 fully saturated rings. The minimum atomic E-state index is -1.78. The fourth-order valence-electron chi connectivity index (χ4n) is 6.30. The average molecular weight is 483 g/mol. The van der Waals surface area contributed by atoms with Gasteiger partial charge in [-0.25, -0.2) is 4.79 Å². The Morgan fingerprint density at radius 3 is 1.85 bits per heavy atom. The van der Waals surface area contributed by atoms with E-state index >= 15 is 0 Å². The molecule has 0 saturated carbocycles. The van der Waals surface area contributed by atoms with Gasteiger partial charge in [0.05, 0.1) is 31.2 Å². The molecule has 1 N–H and O–H groups in total. The fraction of sp³-hybridized carbons (Fsp3) is 0.500. The Morgan fingerprint density at radius 2 is 1.44 bits per heavy atom. The van der Waals surface area contributed by atoms with Gasteiger partial charge in [-0.05, 0) is 11.1 Å². The van der Waals surface area contributed by atoms with Crippen LogP contribution in [0.2, 0.25) is 0 Å². The number of quaternary nitrogens is 1. The first-order chi connectivity index (χ1) is 16.0. The second-order valence-corrected chi connectivity index (χ2v) is 9.60. The zero-order chi connectivity index (χ0) is 23.3. The Hall–Kier alpha value is -2.39. The summed E-state index contributed by atoms with van der Waals surface area (Å²) < 4.78 is 7.32. The number of nitriles is 1. The van der Waals surface area contributed by atoms with Crippen molar-refractivity contribution >= 4 is 5.97 Å². The van der Waals surface area contributed by atoms with Gasteiger partial charge in [0.1, 0.15) is 6.10 Å². The lowest BCUT2D eigenvalue weighted by molar-refractivity contribution is -0.956. The third-order valence-electron chi connectivity index (χ3n) is 7.87. The molecular weight excluding hydrogens is 448 g/mol. The molecule has 1 unspecified atom stereocenters. The van der Waals surface area contributed by atoms with E-state index in [9.17, 15) is 9.90 Å². The fourth-order valence-corrected chi connectivity index (χ4v) is 6.30. The Bertz CT molecular complexity index is 915. The largest absolute Gasteiger partial charge is 1.00 e. The highest BCUT2D eigenvalue weighted by atomic mass is 35.5. The Kier molecular flexibility index (Phi) is 8.76. The van der Waals surface area contributed by atoms with E-state index in [4.69, 9.17) is 10.00 Å². The molecule has 34 heavy (non-hydrogen) atoms. The van der Waals surface area contributed by atoms with Gasteiger partial charge in [-0.1, -0.05) is 67.6 Å². The summed E-state index contributed by atoms with van der Waals surface area (Å²) >= 11 is 0. The van der Waals surface area contributed by atoms with Gasteiger partial charge in [-0.3, -0.25) is 0 Å². The van der Waals surface area contributed by atoms with Gasteiger partial charge in [0.15, 0.2) is 0 Å². The quantitative estimate of drug-likeness (QED) is 0.532. The smallest absolute Gasteiger partial charge is 0.347 e. The molecule has 0 radical (unpaired) electrons. The van der Waals surface area contributed by atoms with Crippen molar-refractivity contribution in [3.05, 3.63) is 71.8 Å². The first-order valence-corrected chi connectivity index (χ1v) is 12.3. The van der Waals surface area contributed by atoms with Crippen LogP contribution < -0.4 is 12.4 Å². The number of esters is 1. The van der Waals surface area contributed by atoms with E-state index in [-0.39, 0.29) is 18.5 Å². The summed E-state index contributed by atoms with van der Waals surface area (Å²) in [6.07, 6.45) is 7.56. The van der Waals surface area contributed by atoms with Crippen LogP contribution in [-0.2, 0) is 15.1 Å². The van der Waals surface area contributed by atoms with Crippen molar-refractivity contribution in [3.8, 4) is 6.07 Å². The number of ether oxygens (including phenoxy) is 1. The molecule has 0 amide bonds. The summed E-state index contributed by atoms with van der Waals surface area (Å²) in [6, 6.07) is 21.5. The summed E-state index contributed by atoms with van der Waals surface area (Å²) in [7, 11) is 0. The molecule has 3 atom stereocenters. The van der Waals surface area contributed by atoms with E-state index in [1.165, 1.54) is 43.3 Å². The van der Waals surface area contributed by atoms with Crippen LogP contribution in [0, 0.1) is 11.3 Å². The Balaban J connectivity index is 0.000000603. The normalized spacial score (nSPS) is 24.3. The molecule has 3 aliphatic rings. The maximum atomic E-state index is 13.4. The lowest BCUT2D eigenvalue weighted by Crippen LogP contribution is -3.00. The molecule has 2 aromatic rings. The summed E-state index contributed by atoms with van der Waals surface area (Å²) in [5, 5.41) is 19.3. The second kappa shape index (κ2) is 11.4. The van der Waals surface area contributed by atoms with Crippen molar-refractivity contribution in [2.75, 3.05) is 13.1 Å². The molecule has 2 bridgehead atoms. The van der Waals surface area contributed by atoms with Gasteiger partial charge in [0, 0.05) is 44.9 Å². The predicted octanol–water partition coefficient (Wildman–Crippen LogP) is 1.69. The molecule has 6 heteroatoms. The Labute approximate surface area is 209 Å². The molecule has 5 rings (SSSR count). The first kappa shape index (κ1) is 26.2. The third-order valence-corrected chi connectivity index (χ3v) is 7.87. The minimum Gasteiger partial charge on any atom is -1.00 e. The molecule has 5 nitrogen and oxygen atoms in total. The number of hydrogen-bond donors (Lipinski definition) is 1. The van der Waals surface area contributed by atoms with Crippen LogP contribution in [0.15, 0.2) is 60.7 Å². The summed E-state index contributed by atoms with van der Waals surface area (Å²) in [6.45, 7) is 4.42. The Morgan fingerprint density at radius 1 is 1.00 bits per heavy atom. The topological polar surface area (TPSA) is 70.3 Å². The van der Waals surface area contributed by atoms with Gasteiger partial charge >= 0.3 is 5.97 Å². The van der Waals surface area contributed by atoms with Crippen LogP contribution in [0.5, 0.6) is 0 Å². The van der Waals surface area contributed by atoms with E-state index in [2.05, 4.69) is 0 Å². The van der Waals surface area contributed by atoms with Crippen LogP contribution >= 0.6 is 0 Å². The molecule has 0 aliphatic carbocycles. The second-order valence-electron chi connectivity index (χ2n) is 9.60. The van der Waals surface area contributed by atoms with Gasteiger partial charge in [0.25, 0.3) is 0 Å². The molecule has 3 heterocycles. The number of benzene rings is 2. The minimum absolute atomic E-state index is 0. The van der Waals surface area contributed by atoms with E-state index in [1.54, 1.807) is 24.3 Å². The highest BCUT2D eigenvalue weighted by Gasteiger charge is 2.56. The molecule has 3 saturated heterocycles. The highest BCUT2D eigenvalue weighted by Crippen LogP contribution is 2.46. The first-order valence-electron chi connectivity index (χ1n) is 12.3. The maximum absolute atomic E-state index is 13.4. The van der Waals surface area contributed by atoms with Gasteiger partial charge in [-0.2, -0.15) is 5.26 Å². The standard InChI is InChI=1S/C25H30NO3.C3H5N.ClH/c27-24(25(28,19-9-3-1-4-10-19)20-11-5-2-6-12-20)29-23-17-21-13-14-22(18-23)26(21)15-7-8-16-26;1-2-3-4;/h1-6,9-12,21-23,28H,7-8,13-18H2;2H2,1H3;1H/q+1;;/p-1/t21-,22+,23?;;. The van der Waals surface area contributed by atoms with Crippen molar-refractivity contribution < 1.29 is 31.5 Å². The SMILES string of the molecule is CCC#N.O=C(OC1C[C@H]2CC[C@@H](C1)[N+]21CCCC1)C(O)(c1ccccc1)c1ccccc1.[Cl-]. The van der Waals surface area contributed by atoms with Crippen LogP contribution in [0.3, 0.4) is 0 Å². The number of nitrogens with zero attached hydrogens (tertiary/aromatic N) is 2. The molecule has 182 valence electrons. The molecule has 1 spiro atoms. The lowest BCUT2D eigenvalue weighted by atomic mass is 9.86. The molecule has 2 aromatic carbocycles. The lowest BCUT2D eigenvalue weighted by Gasteiger charge is -2.47. The highest BCUT2D eigenvalue weighted by molar-refractivity contribution is 5.85. The number of carbonyl (C=O) groups excluding carboxylic acids is 1. The van der Waals surface area contributed by atoms with Gasteiger partial charge in [-0.15, -0.1) is 0 Å². The molecule has 3 aliphatic heterocycles. The maximum Gasteiger partial charge on any atom is 0.347 e. The summed E-state index contributed by atoms with van der Waals surface area (Å²) in [5.74, 6) is -0.547. The number of aliphatic hydroxyl groups is 1. The van der Waals surface area contributed by atoms with Crippen LogP contribution in [0.25, 0.3) is 0 Å². The van der Waals surface area contributed by atoms with E-state index in [0.29, 0.717) is 29.6 Å². The number of rotatable bonds is 4. The van der Waals surface area contributed by atoms with Gasteiger partial charge < -0.3 is 26.7 Å². The van der Waals surface area contributed by atoms with Crippen molar-refractivity contribution in [1.82, 2.24) is 0 Å². The number of piperidine rings is 1. The van der Waals surface area contributed by atoms with Crippen LogP contribution in [-0.4, -0.2) is 46.8 Å². The zero-order valence-corrected chi connectivity index (χ0v) is 20.7. The predicted molar refractivity (Wildman–Crippen MR) is 127 cm³/mol. The number of hydrogen-bond acceptors (Lipinski definition) is 4. The van der Waals surface area contributed by atoms with Gasteiger partial charge in [0.2, 0.25) is 5.60 Å². The number of halogens is 1. The van der Waals surface area contributed by atoms with Crippen LogP contribution in [0.4, 0.5) is 0 Å².